The fourth-order valence-electron chi connectivity index (χ4n) is 3.08. The number of pyridine rings is 1. The van der Waals surface area contributed by atoms with E-state index in [1.807, 2.05) is 36.5 Å². The minimum atomic E-state index is 0.950. The zero-order valence-corrected chi connectivity index (χ0v) is 15.7. The maximum absolute atomic E-state index is 8.60. The van der Waals surface area contributed by atoms with Gasteiger partial charge in [-0.3, -0.25) is 4.98 Å². The Hall–Kier alpha value is -3.18. The van der Waals surface area contributed by atoms with Crippen LogP contribution < -0.4 is 0 Å². The second-order valence-corrected chi connectivity index (χ2v) is 6.67. The molecule has 27 heavy (non-hydrogen) atoms. The largest absolute Gasteiger partial charge is 0.256 e. The number of allylic oxidation sites excluding steroid dienone is 1. The zero-order chi connectivity index (χ0) is 18.9. The summed E-state index contributed by atoms with van der Waals surface area (Å²) in [5.74, 6) is 0. The minimum absolute atomic E-state index is 0.950. The number of benzene rings is 2. The van der Waals surface area contributed by atoms with Crippen molar-refractivity contribution in [3.63, 3.8) is 0 Å². The number of unbranched alkanes of at least 4 members (excludes halogenated alkanes) is 2. The summed E-state index contributed by atoms with van der Waals surface area (Å²) in [6, 6.07) is 23.1. The zero-order valence-electron chi connectivity index (χ0n) is 15.7. The standard InChI is InChI=1S/C25H24N2/c1-2-3-4-6-20-8-12-22(13-9-20)24-16-17-25(27-19-24)23-14-10-21(11-15-23)7-5-18-26/h5,7-17,19H,2-4,6H2,1H3/b7-5+. The van der Waals surface area contributed by atoms with Gasteiger partial charge in [0.15, 0.2) is 0 Å². The number of hydrogen-bond acceptors (Lipinski definition) is 2. The van der Waals surface area contributed by atoms with Crippen LogP contribution in [0.2, 0.25) is 0 Å². The summed E-state index contributed by atoms with van der Waals surface area (Å²) >= 11 is 0. The van der Waals surface area contributed by atoms with E-state index in [1.54, 1.807) is 6.08 Å². The van der Waals surface area contributed by atoms with Gasteiger partial charge in [0.1, 0.15) is 0 Å². The van der Waals surface area contributed by atoms with Crippen LogP contribution in [0.25, 0.3) is 28.5 Å². The molecule has 0 amide bonds. The molecule has 0 unspecified atom stereocenters. The molecule has 1 aromatic heterocycles. The number of nitrogens with zero attached hydrogens (tertiary/aromatic N) is 2. The minimum Gasteiger partial charge on any atom is -0.256 e. The van der Waals surface area contributed by atoms with Crippen LogP contribution in [-0.2, 0) is 6.42 Å². The van der Waals surface area contributed by atoms with Crippen molar-refractivity contribution in [2.75, 3.05) is 0 Å². The van der Waals surface area contributed by atoms with Crippen LogP contribution in [0.1, 0.15) is 37.3 Å². The van der Waals surface area contributed by atoms with Crippen LogP contribution >= 0.6 is 0 Å². The Kier molecular flexibility index (Phi) is 6.55. The van der Waals surface area contributed by atoms with Gasteiger partial charge in [-0.15, -0.1) is 0 Å². The van der Waals surface area contributed by atoms with Crippen molar-refractivity contribution >= 4 is 6.08 Å². The fraction of sp³-hybridized carbons (Fsp3) is 0.200. The molecule has 0 bridgehead atoms. The number of rotatable bonds is 7. The SMILES string of the molecule is CCCCCc1ccc(-c2ccc(-c3ccc(/C=C/C#N)cc3)nc2)cc1. The number of aromatic nitrogens is 1. The van der Waals surface area contributed by atoms with Crippen molar-refractivity contribution < 1.29 is 0 Å². The quantitative estimate of drug-likeness (QED) is 0.351. The molecule has 3 rings (SSSR count). The fourth-order valence-corrected chi connectivity index (χ4v) is 3.08. The molecule has 1 heterocycles. The molecule has 0 N–H and O–H groups in total. The van der Waals surface area contributed by atoms with Crippen LogP contribution in [-0.4, -0.2) is 4.98 Å². The molecule has 0 aliphatic rings. The molecule has 0 spiro atoms. The van der Waals surface area contributed by atoms with E-state index >= 15 is 0 Å². The molecule has 0 aliphatic heterocycles. The first-order valence-electron chi connectivity index (χ1n) is 9.52. The maximum atomic E-state index is 8.60. The predicted molar refractivity (Wildman–Crippen MR) is 113 cm³/mol. The van der Waals surface area contributed by atoms with Crippen LogP contribution in [0.15, 0.2) is 72.9 Å². The molecule has 0 saturated carbocycles. The van der Waals surface area contributed by atoms with Crippen molar-refractivity contribution in [2.24, 2.45) is 0 Å². The average Bonchev–Trinajstić information content (AvgIpc) is 2.73. The highest BCUT2D eigenvalue weighted by atomic mass is 14.7. The molecule has 0 saturated heterocycles. The highest BCUT2D eigenvalue weighted by Crippen LogP contribution is 2.24. The number of hydrogen-bond donors (Lipinski definition) is 0. The first-order valence-corrected chi connectivity index (χ1v) is 9.52. The van der Waals surface area contributed by atoms with Gasteiger partial charge in [0, 0.05) is 23.4 Å². The molecule has 134 valence electrons. The number of aryl methyl sites for hydroxylation is 1. The summed E-state index contributed by atoms with van der Waals surface area (Å²) < 4.78 is 0. The molecular weight excluding hydrogens is 328 g/mol. The smallest absolute Gasteiger partial charge is 0.0912 e. The Labute approximate surface area is 161 Å². The summed E-state index contributed by atoms with van der Waals surface area (Å²) in [7, 11) is 0. The van der Waals surface area contributed by atoms with Crippen LogP contribution in [0.4, 0.5) is 0 Å². The highest BCUT2D eigenvalue weighted by molar-refractivity contribution is 5.68. The third-order valence-electron chi connectivity index (χ3n) is 4.68. The first kappa shape index (κ1) is 18.6. The van der Waals surface area contributed by atoms with E-state index in [2.05, 4.69) is 48.3 Å². The predicted octanol–water partition coefficient (Wildman–Crippen LogP) is 6.69. The van der Waals surface area contributed by atoms with Crippen LogP contribution in [0, 0.1) is 11.3 Å². The van der Waals surface area contributed by atoms with Crippen molar-refractivity contribution in [3.05, 3.63) is 84.1 Å². The van der Waals surface area contributed by atoms with Crippen molar-refractivity contribution in [1.29, 1.82) is 5.26 Å². The van der Waals surface area contributed by atoms with E-state index < -0.39 is 0 Å². The second kappa shape index (κ2) is 9.50. The lowest BCUT2D eigenvalue weighted by atomic mass is 10.0. The summed E-state index contributed by atoms with van der Waals surface area (Å²) in [4.78, 5) is 4.63. The lowest BCUT2D eigenvalue weighted by molar-refractivity contribution is 0.717. The summed E-state index contributed by atoms with van der Waals surface area (Å²) in [5.41, 5.74) is 6.77. The molecular formula is C25H24N2. The molecule has 2 nitrogen and oxygen atoms in total. The third-order valence-corrected chi connectivity index (χ3v) is 4.68. The Morgan fingerprint density at radius 1 is 0.852 bits per heavy atom. The molecule has 2 heteroatoms. The van der Waals surface area contributed by atoms with Gasteiger partial charge in [0.05, 0.1) is 11.8 Å². The lowest BCUT2D eigenvalue weighted by Gasteiger charge is -2.06. The van der Waals surface area contributed by atoms with Crippen LogP contribution in [0.3, 0.4) is 0 Å². The van der Waals surface area contributed by atoms with E-state index in [0.29, 0.717) is 0 Å². The number of nitriles is 1. The summed E-state index contributed by atoms with van der Waals surface area (Å²) in [5, 5.41) is 8.60. The Morgan fingerprint density at radius 2 is 1.56 bits per heavy atom. The van der Waals surface area contributed by atoms with Gasteiger partial charge in [-0.1, -0.05) is 74.4 Å². The highest BCUT2D eigenvalue weighted by Gasteiger charge is 2.02. The monoisotopic (exact) mass is 352 g/mol. The van der Waals surface area contributed by atoms with Gasteiger partial charge in [-0.2, -0.15) is 5.26 Å². The van der Waals surface area contributed by atoms with Gasteiger partial charge < -0.3 is 0 Å². The normalized spacial score (nSPS) is 10.8. The van der Waals surface area contributed by atoms with Gasteiger partial charge in [-0.05, 0) is 41.7 Å². The van der Waals surface area contributed by atoms with Gasteiger partial charge in [0.25, 0.3) is 0 Å². The van der Waals surface area contributed by atoms with Crippen LogP contribution in [0.5, 0.6) is 0 Å². The Morgan fingerprint density at radius 3 is 2.19 bits per heavy atom. The van der Waals surface area contributed by atoms with Crippen molar-refractivity contribution in [2.45, 2.75) is 32.6 Å². The van der Waals surface area contributed by atoms with E-state index in [1.165, 1.54) is 36.5 Å². The topological polar surface area (TPSA) is 36.7 Å². The Bertz CT molecular complexity index is 912. The summed E-state index contributed by atoms with van der Waals surface area (Å²) in [6.07, 6.45) is 10.2. The summed E-state index contributed by atoms with van der Waals surface area (Å²) in [6.45, 7) is 2.24. The van der Waals surface area contributed by atoms with Gasteiger partial charge in [0.2, 0.25) is 0 Å². The molecule has 0 fully saturated rings. The Balaban J connectivity index is 1.69. The molecule has 0 atom stereocenters. The van der Waals surface area contributed by atoms with Gasteiger partial charge >= 0.3 is 0 Å². The third kappa shape index (κ3) is 5.15. The second-order valence-electron chi connectivity index (χ2n) is 6.67. The average molecular weight is 352 g/mol. The van der Waals surface area contributed by atoms with E-state index in [9.17, 15) is 0 Å². The van der Waals surface area contributed by atoms with E-state index in [0.717, 1.165) is 28.8 Å². The van der Waals surface area contributed by atoms with E-state index in [4.69, 9.17) is 5.26 Å². The first-order chi connectivity index (χ1) is 13.3. The lowest BCUT2D eigenvalue weighted by Crippen LogP contribution is -1.88. The maximum Gasteiger partial charge on any atom is 0.0912 e. The van der Waals surface area contributed by atoms with Crippen molar-refractivity contribution in [3.8, 4) is 28.5 Å². The molecule has 3 aromatic rings. The molecule has 0 radical (unpaired) electrons. The van der Waals surface area contributed by atoms with Gasteiger partial charge in [-0.25, -0.2) is 0 Å². The molecule has 0 aliphatic carbocycles. The van der Waals surface area contributed by atoms with Crippen molar-refractivity contribution in [1.82, 2.24) is 4.98 Å². The van der Waals surface area contributed by atoms with E-state index in [-0.39, 0.29) is 0 Å². The molecule has 2 aromatic carbocycles.